The zero-order chi connectivity index (χ0) is 15.4. The molecule has 0 atom stereocenters. The maximum Gasteiger partial charge on any atom is 0.337 e. The quantitative estimate of drug-likeness (QED) is 0.888. The SMILES string of the molecule is COc1ccc(NC(=O)c2cnc(C)cn2)c(C(=O)O)c1. The van der Waals surface area contributed by atoms with Crippen LogP contribution in [0.2, 0.25) is 0 Å². The number of hydrogen-bond donors (Lipinski definition) is 2. The second-order valence-corrected chi connectivity index (χ2v) is 4.21. The molecule has 0 bridgehead atoms. The topological polar surface area (TPSA) is 101 Å². The predicted octanol–water partition coefficient (Wildman–Crippen LogP) is 1.74. The van der Waals surface area contributed by atoms with E-state index in [2.05, 4.69) is 15.3 Å². The minimum atomic E-state index is -1.17. The van der Waals surface area contributed by atoms with Crippen LogP contribution in [-0.4, -0.2) is 34.1 Å². The highest BCUT2D eigenvalue weighted by Crippen LogP contribution is 2.22. The molecule has 0 saturated carbocycles. The fourth-order valence-corrected chi connectivity index (χ4v) is 1.63. The molecule has 0 spiro atoms. The maximum absolute atomic E-state index is 12.0. The van der Waals surface area contributed by atoms with Gasteiger partial charge in [-0.3, -0.25) is 9.78 Å². The summed E-state index contributed by atoms with van der Waals surface area (Å²) in [5, 5.41) is 11.7. The number of benzene rings is 1. The lowest BCUT2D eigenvalue weighted by Crippen LogP contribution is -2.16. The molecule has 1 aromatic heterocycles. The number of ether oxygens (including phenoxy) is 1. The normalized spacial score (nSPS) is 10.0. The number of aryl methyl sites for hydroxylation is 1. The molecule has 2 N–H and O–H groups in total. The first kappa shape index (κ1) is 14.4. The molecule has 1 amide bonds. The third kappa shape index (κ3) is 3.33. The number of rotatable bonds is 4. The Morgan fingerprint density at radius 3 is 2.57 bits per heavy atom. The highest BCUT2D eigenvalue weighted by atomic mass is 16.5. The number of carboxylic acids is 1. The van der Waals surface area contributed by atoms with Gasteiger partial charge in [-0.2, -0.15) is 0 Å². The van der Waals surface area contributed by atoms with Crippen LogP contribution in [0.4, 0.5) is 5.69 Å². The van der Waals surface area contributed by atoms with E-state index in [0.717, 1.165) is 0 Å². The van der Waals surface area contributed by atoms with Gasteiger partial charge in [0.25, 0.3) is 5.91 Å². The molecule has 1 heterocycles. The van der Waals surface area contributed by atoms with Crippen LogP contribution < -0.4 is 10.1 Å². The number of carboxylic acid groups (broad SMARTS) is 1. The molecule has 0 aliphatic rings. The Morgan fingerprint density at radius 1 is 1.24 bits per heavy atom. The van der Waals surface area contributed by atoms with Gasteiger partial charge in [0.2, 0.25) is 0 Å². The van der Waals surface area contributed by atoms with Crippen LogP contribution in [0.25, 0.3) is 0 Å². The van der Waals surface area contributed by atoms with E-state index < -0.39 is 11.9 Å². The van der Waals surface area contributed by atoms with Crippen LogP contribution in [0.1, 0.15) is 26.5 Å². The molecule has 21 heavy (non-hydrogen) atoms. The van der Waals surface area contributed by atoms with Crippen molar-refractivity contribution >= 4 is 17.6 Å². The van der Waals surface area contributed by atoms with E-state index in [-0.39, 0.29) is 16.9 Å². The Labute approximate surface area is 120 Å². The van der Waals surface area contributed by atoms with Gasteiger partial charge in [0.05, 0.1) is 30.3 Å². The van der Waals surface area contributed by atoms with Gasteiger partial charge in [-0.15, -0.1) is 0 Å². The number of carbonyl (C=O) groups excluding carboxylic acids is 1. The Morgan fingerprint density at radius 2 is 2.00 bits per heavy atom. The maximum atomic E-state index is 12.0. The molecule has 0 radical (unpaired) electrons. The summed E-state index contributed by atoms with van der Waals surface area (Å²) in [6.45, 7) is 1.75. The fourth-order valence-electron chi connectivity index (χ4n) is 1.63. The van der Waals surface area contributed by atoms with E-state index in [0.29, 0.717) is 11.4 Å². The second kappa shape index (κ2) is 6.00. The lowest BCUT2D eigenvalue weighted by Gasteiger charge is -2.09. The first-order valence-electron chi connectivity index (χ1n) is 6.02. The van der Waals surface area contributed by atoms with Gasteiger partial charge >= 0.3 is 5.97 Å². The summed E-state index contributed by atoms with van der Waals surface area (Å²) in [7, 11) is 1.43. The molecule has 0 aliphatic carbocycles. The zero-order valence-electron chi connectivity index (χ0n) is 11.5. The number of anilines is 1. The molecule has 2 rings (SSSR count). The number of aromatic carboxylic acids is 1. The summed E-state index contributed by atoms with van der Waals surface area (Å²) < 4.78 is 4.96. The van der Waals surface area contributed by atoms with Crippen LogP contribution in [-0.2, 0) is 0 Å². The third-order valence-corrected chi connectivity index (χ3v) is 2.72. The number of carbonyl (C=O) groups is 2. The monoisotopic (exact) mass is 287 g/mol. The number of methoxy groups -OCH3 is 1. The Kier molecular flexibility index (Phi) is 4.13. The Bertz CT molecular complexity index is 683. The van der Waals surface area contributed by atoms with Crippen LogP contribution >= 0.6 is 0 Å². The van der Waals surface area contributed by atoms with Crippen molar-refractivity contribution < 1.29 is 19.4 Å². The molecule has 108 valence electrons. The average molecular weight is 287 g/mol. The molecule has 2 aromatic rings. The Balaban J connectivity index is 2.28. The van der Waals surface area contributed by atoms with E-state index in [4.69, 9.17) is 4.74 Å². The second-order valence-electron chi connectivity index (χ2n) is 4.21. The van der Waals surface area contributed by atoms with Gasteiger partial charge < -0.3 is 15.2 Å². The standard InChI is InChI=1S/C14H13N3O4/c1-8-6-16-12(7-15-8)13(18)17-11-4-3-9(21-2)5-10(11)14(19)20/h3-7H,1-2H3,(H,17,18)(H,19,20). The van der Waals surface area contributed by atoms with E-state index in [1.54, 1.807) is 13.0 Å². The van der Waals surface area contributed by atoms with Crippen molar-refractivity contribution in [2.75, 3.05) is 12.4 Å². The number of nitrogens with zero attached hydrogens (tertiary/aromatic N) is 2. The number of hydrogen-bond acceptors (Lipinski definition) is 5. The van der Waals surface area contributed by atoms with Gasteiger partial charge in [0.15, 0.2) is 0 Å². The highest BCUT2D eigenvalue weighted by Gasteiger charge is 2.15. The van der Waals surface area contributed by atoms with Crippen LogP contribution in [0.3, 0.4) is 0 Å². The largest absolute Gasteiger partial charge is 0.497 e. The van der Waals surface area contributed by atoms with Gasteiger partial charge in [-0.1, -0.05) is 0 Å². The predicted molar refractivity (Wildman–Crippen MR) is 74.7 cm³/mol. The van der Waals surface area contributed by atoms with E-state index in [1.807, 2.05) is 0 Å². The van der Waals surface area contributed by atoms with Crippen LogP contribution in [0.5, 0.6) is 5.75 Å². The van der Waals surface area contributed by atoms with Crippen LogP contribution in [0, 0.1) is 6.92 Å². The lowest BCUT2D eigenvalue weighted by atomic mass is 10.1. The Hall–Kier alpha value is -2.96. The van der Waals surface area contributed by atoms with Crippen molar-refractivity contribution in [2.24, 2.45) is 0 Å². The third-order valence-electron chi connectivity index (χ3n) is 2.72. The van der Waals surface area contributed by atoms with Crippen molar-refractivity contribution in [1.82, 2.24) is 9.97 Å². The first-order valence-corrected chi connectivity index (χ1v) is 6.02. The van der Waals surface area contributed by atoms with Crippen molar-refractivity contribution in [2.45, 2.75) is 6.92 Å². The zero-order valence-corrected chi connectivity index (χ0v) is 11.5. The highest BCUT2D eigenvalue weighted by molar-refractivity contribution is 6.06. The molecule has 0 unspecified atom stereocenters. The molecule has 0 fully saturated rings. The summed E-state index contributed by atoms with van der Waals surface area (Å²) in [4.78, 5) is 31.1. The van der Waals surface area contributed by atoms with Crippen molar-refractivity contribution in [3.8, 4) is 5.75 Å². The molecular weight excluding hydrogens is 274 g/mol. The number of nitrogens with one attached hydrogen (secondary N) is 1. The van der Waals surface area contributed by atoms with Crippen LogP contribution in [0.15, 0.2) is 30.6 Å². The summed E-state index contributed by atoms with van der Waals surface area (Å²) in [5.41, 5.74) is 0.883. The minimum absolute atomic E-state index is 0.0669. The summed E-state index contributed by atoms with van der Waals surface area (Å²) >= 11 is 0. The van der Waals surface area contributed by atoms with Gasteiger partial charge in [-0.05, 0) is 25.1 Å². The van der Waals surface area contributed by atoms with Gasteiger partial charge in [0.1, 0.15) is 11.4 Å². The number of amides is 1. The van der Waals surface area contributed by atoms with Crippen molar-refractivity contribution in [3.05, 3.63) is 47.5 Å². The summed E-state index contributed by atoms with van der Waals surface area (Å²) in [6, 6.07) is 4.35. The van der Waals surface area contributed by atoms with Gasteiger partial charge in [-0.25, -0.2) is 9.78 Å². The fraction of sp³-hybridized carbons (Fsp3) is 0.143. The van der Waals surface area contributed by atoms with E-state index in [9.17, 15) is 14.7 Å². The first-order chi connectivity index (χ1) is 10.0. The van der Waals surface area contributed by atoms with Crippen molar-refractivity contribution in [1.29, 1.82) is 0 Å². The lowest BCUT2D eigenvalue weighted by molar-refractivity contribution is 0.0697. The number of aromatic nitrogens is 2. The average Bonchev–Trinajstić information content (AvgIpc) is 2.48. The molecule has 1 aromatic carbocycles. The molecule has 0 aliphatic heterocycles. The van der Waals surface area contributed by atoms with Gasteiger partial charge in [0, 0.05) is 6.20 Å². The summed E-state index contributed by atoms with van der Waals surface area (Å²) in [6.07, 6.45) is 2.79. The van der Waals surface area contributed by atoms with Crippen molar-refractivity contribution in [3.63, 3.8) is 0 Å². The molecule has 7 nitrogen and oxygen atoms in total. The molecule has 0 saturated heterocycles. The molecular formula is C14H13N3O4. The minimum Gasteiger partial charge on any atom is -0.497 e. The smallest absolute Gasteiger partial charge is 0.337 e. The van der Waals surface area contributed by atoms with E-state index >= 15 is 0 Å². The summed E-state index contributed by atoms with van der Waals surface area (Å²) in [5.74, 6) is -1.31. The molecule has 7 heteroatoms. The van der Waals surface area contributed by atoms with E-state index in [1.165, 1.54) is 31.6 Å².